The number of rotatable bonds is 3. The molecule has 0 aliphatic carbocycles. The highest BCUT2D eigenvalue weighted by molar-refractivity contribution is 14.1. The van der Waals surface area contributed by atoms with Crippen LogP contribution < -0.4 is 4.74 Å². The minimum atomic E-state index is -5.09. The van der Waals surface area contributed by atoms with Gasteiger partial charge in [0.05, 0.1) is 18.7 Å². The molecule has 0 unspecified atom stereocenters. The fourth-order valence-electron chi connectivity index (χ4n) is 1.02. The van der Waals surface area contributed by atoms with Gasteiger partial charge in [0.25, 0.3) is 0 Å². The van der Waals surface area contributed by atoms with E-state index < -0.39 is 34.5 Å². The standard InChI is InChI=1S/C8H4F3IN2O5/c1-18-7(15)3-2-4(14(16)17)13-6(5(3)12)19-8(9,10)11/h2H,1H3. The first-order chi connectivity index (χ1) is 8.65. The number of carbonyl (C=O) groups is 1. The first kappa shape index (κ1) is 15.4. The Balaban J connectivity index is 3.41. The molecule has 7 nitrogen and oxygen atoms in total. The molecule has 0 aromatic carbocycles. The quantitative estimate of drug-likeness (QED) is 0.339. The molecule has 0 amide bonds. The van der Waals surface area contributed by atoms with Crippen LogP contribution in [0.15, 0.2) is 6.07 Å². The van der Waals surface area contributed by atoms with E-state index in [0.29, 0.717) is 6.07 Å². The number of aromatic nitrogens is 1. The second-order valence-electron chi connectivity index (χ2n) is 2.94. The summed E-state index contributed by atoms with van der Waals surface area (Å²) >= 11 is 1.35. The summed E-state index contributed by atoms with van der Waals surface area (Å²) in [7, 11) is 0.981. The van der Waals surface area contributed by atoms with Gasteiger partial charge in [-0.1, -0.05) is 0 Å². The average molecular weight is 392 g/mol. The van der Waals surface area contributed by atoms with Crippen molar-refractivity contribution in [1.82, 2.24) is 4.98 Å². The maximum atomic E-state index is 12.1. The van der Waals surface area contributed by atoms with Crippen LogP contribution in [-0.4, -0.2) is 29.3 Å². The molecule has 1 rings (SSSR count). The summed E-state index contributed by atoms with van der Waals surface area (Å²) in [6.07, 6.45) is -5.09. The van der Waals surface area contributed by atoms with Gasteiger partial charge in [-0.25, -0.2) is 4.79 Å². The van der Waals surface area contributed by atoms with Gasteiger partial charge in [-0.3, -0.25) is 0 Å². The largest absolute Gasteiger partial charge is 0.575 e. The van der Waals surface area contributed by atoms with Crippen molar-refractivity contribution >= 4 is 34.4 Å². The van der Waals surface area contributed by atoms with E-state index in [-0.39, 0.29) is 3.57 Å². The second-order valence-corrected chi connectivity index (χ2v) is 4.02. The van der Waals surface area contributed by atoms with E-state index in [4.69, 9.17) is 0 Å². The number of hydrogen-bond acceptors (Lipinski definition) is 6. The third-order valence-corrected chi connectivity index (χ3v) is 2.76. The zero-order chi connectivity index (χ0) is 14.8. The summed E-state index contributed by atoms with van der Waals surface area (Å²) in [6, 6.07) is 0.705. The molecule has 11 heteroatoms. The smallest absolute Gasteiger partial charge is 0.465 e. The van der Waals surface area contributed by atoms with Crippen LogP contribution in [0.2, 0.25) is 0 Å². The van der Waals surface area contributed by atoms with Crippen LogP contribution in [0.5, 0.6) is 5.88 Å². The zero-order valence-electron chi connectivity index (χ0n) is 9.02. The van der Waals surface area contributed by atoms with Gasteiger partial charge in [-0.2, -0.15) is 0 Å². The number of pyridine rings is 1. The number of methoxy groups -OCH3 is 1. The monoisotopic (exact) mass is 392 g/mol. The molecule has 1 heterocycles. The highest BCUT2D eigenvalue weighted by atomic mass is 127. The van der Waals surface area contributed by atoms with Gasteiger partial charge in [0, 0.05) is 4.98 Å². The lowest BCUT2D eigenvalue weighted by Crippen LogP contribution is -2.20. The van der Waals surface area contributed by atoms with Crippen molar-refractivity contribution in [3.63, 3.8) is 0 Å². The molecule has 0 aliphatic heterocycles. The maximum Gasteiger partial charge on any atom is 0.575 e. The maximum absolute atomic E-state index is 12.1. The number of alkyl halides is 3. The number of hydrogen-bond donors (Lipinski definition) is 0. The fourth-order valence-corrected chi connectivity index (χ4v) is 1.63. The SMILES string of the molecule is COC(=O)c1cc([N+](=O)[O-])nc(OC(F)(F)F)c1I. The summed E-state index contributed by atoms with van der Waals surface area (Å²) in [6.45, 7) is 0. The van der Waals surface area contributed by atoms with Gasteiger partial charge in [0.2, 0.25) is 0 Å². The number of ether oxygens (including phenoxy) is 2. The van der Waals surface area contributed by atoms with Gasteiger partial charge in [0.15, 0.2) is 0 Å². The van der Waals surface area contributed by atoms with Gasteiger partial charge < -0.3 is 19.6 Å². The first-order valence-corrected chi connectivity index (χ1v) is 5.42. The lowest BCUT2D eigenvalue weighted by molar-refractivity contribution is -0.390. The molecule has 0 atom stereocenters. The molecule has 0 saturated carbocycles. The Labute approximate surface area is 117 Å². The lowest BCUT2D eigenvalue weighted by Gasteiger charge is -2.08. The lowest BCUT2D eigenvalue weighted by atomic mass is 10.2. The normalized spacial score (nSPS) is 11.0. The first-order valence-electron chi connectivity index (χ1n) is 4.34. The van der Waals surface area contributed by atoms with Crippen LogP contribution in [0.4, 0.5) is 19.0 Å². The summed E-state index contributed by atoms with van der Waals surface area (Å²) in [5.74, 6) is -3.08. The van der Waals surface area contributed by atoms with Gasteiger partial charge >= 0.3 is 24.0 Å². The molecule has 0 spiro atoms. The molecule has 19 heavy (non-hydrogen) atoms. The summed E-state index contributed by atoms with van der Waals surface area (Å²) in [4.78, 5) is 23.9. The minimum absolute atomic E-state index is 0.340. The van der Waals surface area contributed by atoms with E-state index in [1.807, 2.05) is 0 Å². The van der Waals surface area contributed by atoms with Crippen molar-refractivity contribution in [2.24, 2.45) is 0 Å². The van der Waals surface area contributed by atoms with E-state index >= 15 is 0 Å². The van der Waals surface area contributed by atoms with Gasteiger partial charge in [-0.05, 0) is 27.5 Å². The van der Waals surface area contributed by atoms with Gasteiger partial charge in [0.1, 0.15) is 3.57 Å². The number of nitro groups is 1. The van der Waals surface area contributed by atoms with Crippen molar-refractivity contribution in [2.45, 2.75) is 6.36 Å². The molecule has 104 valence electrons. The highest BCUT2D eigenvalue weighted by Crippen LogP contribution is 2.31. The summed E-state index contributed by atoms with van der Waals surface area (Å²) in [5.41, 5.74) is -0.441. The summed E-state index contributed by atoms with van der Waals surface area (Å²) in [5, 5.41) is 10.5. The Hall–Kier alpha value is -1.66. The number of nitrogens with zero attached hydrogens (tertiary/aromatic N) is 2. The van der Waals surface area contributed by atoms with Crippen LogP contribution in [0.25, 0.3) is 0 Å². The molecule has 1 aromatic rings. The Morgan fingerprint density at radius 2 is 2.11 bits per heavy atom. The summed E-state index contributed by atoms with van der Waals surface area (Å²) < 4.78 is 43.8. The molecule has 0 N–H and O–H groups in total. The Morgan fingerprint density at radius 3 is 2.53 bits per heavy atom. The number of carbonyl (C=O) groups excluding carboxylic acids is 1. The van der Waals surface area contributed by atoms with Gasteiger partial charge in [-0.15, -0.1) is 13.2 Å². The van der Waals surface area contributed by atoms with E-state index in [0.717, 1.165) is 7.11 Å². The van der Waals surface area contributed by atoms with Crippen LogP contribution >= 0.6 is 22.6 Å². The van der Waals surface area contributed by atoms with E-state index in [1.54, 1.807) is 0 Å². The molecular formula is C8H4F3IN2O5. The Bertz CT molecular complexity index is 534. The number of halogens is 4. The second kappa shape index (κ2) is 5.54. The molecule has 0 saturated heterocycles. The minimum Gasteiger partial charge on any atom is -0.465 e. The van der Waals surface area contributed by atoms with Crippen LogP contribution in [0, 0.1) is 13.7 Å². The molecule has 0 radical (unpaired) electrons. The van der Waals surface area contributed by atoms with E-state index in [2.05, 4.69) is 14.5 Å². The van der Waals surface area contributed by atoms with Crippen LogP contribution in [-0.2, 0) is 4.74 Å². The zero-order valence-corrected chi connectivity index (χ0v) is 11.2. The van der Waals surface area contributed by atoms with Crippen molar-refractivity contribution in [3.05, 3.63) is 25.3 Å². The van der Waals surface area contributed by atoms with Crippen molar-refractivity contribution in [1.29, 1.82) is 0 Å². The van der Waals surface area contributed by atoms with Crippen molar-refractivity contribution in [3.8, 4) is 5.88 Å². The predicted molar refractivity (Wildman–Crippen MR) is 61.6 cm³/mol. The molecule has 0 bridgehead atoms. The third kappa shape index (κ3) is 3.90. The number of esters is 1. The Kier molecular flexibility index (Phi) is 4.49. The average Bonchev–Trinajstić information content (AvgIpc) is 2.28. The Morgan fingerprint density at radius 1 is 1.53 bits per heavy atom. The molecule has 0 fully saturated rings. The fraction of sp³-hybridized carbons (Fsp3) is 0.250. The van der Waals surface area contributed by atoms with E-state index in [1.165, 1.54) is 22.6 Å². The highest BCUT2D eigenvalue weighted by Gasteiger charge is 2.37. The van der Waals surface area contributed by atoms with Crippen LogP contribution in [0.1, 0.15) is 10.4 Å². The topological polar surface area (TPSA) is 91.6 Å². The molecular weight excluding hydrogens is 388 g/mol. The van der Waals surface area contributed by atoms with Crippen molar-refractivity contribution < 1.29 is 32.4 Å². The molecule has 0 aliphatic rings. The van der Waals surface area contributed by atoms with E-state index in [9.17, 15) is 28.1 Å². The van der Waals surface area contributed by atoms with Crippen LogP contribution in [0.3, 0.4) is 0 Å². The van der Waals surface area contributed by atoms with Crippen molar-refractivity contribution in [2.75, 3.05) is 7.11 Å². The predicted octanol–water partition coefficient (Wildman–Crippen LogP) is 2.28. The third-order valence-electron chi connectivity index (χ3n) is 1.72. The molecule has 1 aromatic heterocycles.